The van der Waals surface area contributed by atoms with Gasteiger partial charge in [0.2, 0.25) is 5.91 Å². The first-order chi connectivity index (χ1) is 10.6. The van der Waals surface area contributed by atoms with Crippen LogP contribution in [0.4, 0.5) is 15.2 Å². The second kappa shape index (κ2) is 6.11. The molecule has 6 heteroatoms. The molecule has 0 saturated carbocycles. The zero-order valence-electron chi connectivity index (χ0n) is 11.9. The maximum atomic E-state index is 12.8. The number of benzene rings is 2. The molecule has 0 bridgehead atoms. The molecule has 0 aliphatic rings. The van der Waals surface area contributed by atoms with Gasteiger partial charge in [-0.3, -0.25) is 4.79 Å². The standard InChI is InChI=1S/C16H14FN3OS/c1-20(16-19-13-4-2-3-5-14(13)22-16)10-15(21)18-12-8-6-11(17)7-9-12/h2-9H,10H2,1H3,(H,18,21). The van der Waals surface area contributed by atoms with Crippen LogP contribution in [0, 0.1) is 5.82 Å². The highest BCUT2D eigenvalue weighted by atomic mass is 32.1. The molecule has 3 aromatic rings. The molecule has 0 spiro atoms. The van der Waals surface area contributed by atoms with Gasteiger partial charge in [-0.2, -0.15) is 0 Å². The van der Waals surface area contributed by atoms with Crippen LogP contribution >= 0.6 is 11.3 Å². The molecule has 1 aromatic heterocycles. The van der Waals surface area contributed by atoms with E-state index in [2.05, 4.69) is 10.3 Å². The van der Waals surface area contributed by atoms with Crippen molar-refractivity contribution in [2.75, 3.05) is 23.8 Å². The van der Waals surface area contributed by atoms with E-state index in [1.165, 1.54) is 24.3 Å². The summed E-state index contributed by atoms with van der Waals surface area (Å²) in [5.74, 6) is -0.502. The van der Waals surface area contributed by atoms with Gasteiger partial charge in [0.15, 0.2) is 5.13 Å². The third-order valence-corrected chi connectivity index (χ3v) is 4.27. The van der Waals surface area contributed by atoms with Crippen molar-refractivity contribution < 1.29 is 9.18 Å². The third kappa shape index (κ3) is 3.23. The number of thiazole rings is 1. The Bertz CT molecular complexity index is 768. The first kappa shape index (κ1) is 14.5. The Morgan fingerprint density at radius 3 is 2.68 bits per heavy atom. The van der Waals surface area contributed by atoms with E-state index in [4.69, 9.17) is 0 Å². The maximum absolute atomic E-state index is 12.8. The first-order valence-electron chi connectivity index (χ1n) is 6.74. The van der Waals surface area contributed by atoms with Crippen molar-refractivity contribution >= 4 is 38.3 Å². The number of carbonyl (C=O) groups excluding carboxylic acids is 1. The van der Waals surface area contributed by atoms with Crippen molar-refractivity contribution in [3.63, 3.8) is 0 Å². The molecule has 4 nitrogen and oxygen atoms in total. The van der Waals surface area contributed by atoms with E-state index in [0.29, 0.717) is 5.69 Å². The van der Waals surface area contributed by atoms with Gasteiger partial charge in [-0.25, -0.2) is 9.37 Å². The molecule has 1 N–H and O–H groups in total. The van der Waals surface area contributed by atoms with Gasteiger partial charge in [0.25, 0.3) is 0 Å². The summed E-state index contributed by atoms with van der Waals surface area (Å²) < 4.78 is 13.9. The number of nitrogens with one attached hydrogen (secondary N) is 1. The minimum atomic E-state index is -0.329. The van der Waals surface area contributed by atoms with Crippen molar-refractivity contribution in [2.45, 2.75) is 0 Å². The summed E-state index contributed by atoms with van der Waals surface area (Å²) in [4.78, 5) is 18.3. The Morgan fingerprint density at radius 1 is 1.23 bits per heavy atom. The Hall–Kier alpha value is -2.47. The lowest BCUT2D eigenvalue weighted by Gasteiger charge is -2.15. The maximum Gasteiger partial charge on any atom is 0.243 e. The molecule has 0 aliphatic heterocycles. The van der Waals surface area contributed by atoms with Crippen LogP contribution in [-0.4, -0.2) is 24.5 Å². The molecule has 0 atom stereocenters. The van der Waals surface area contributed by atoms with Crippen LogP contribution in [0.3, 0.4) is 0 Å². The third-order valence-electron chi connectivity index (χ3n) is 3.12. The summed E-state index contributed by atoms with van der Waals surface area (Å²) in [5.41, 5.74) is 1.50. The second-order valence-electron chi connectivity index (χ2n) is 4.88. The number of carbonyl (C=O) groups is 1. The number of hydrogen-bond donors (Lipinski definition) is 1. The predicted octanol–water partition coefficient (Wildman–Crippen LogP) is 3.51. The number of anilines is 2. The Balaban J connectivity index is 1.66. The highest BCUT2D eigenvalue weighted by Gasteiger charge is 2.12. The monoisotopic (exact) mass is 315 g/mol. The second-order valence-corrected chi connectivity index (χ2v) is 5.88. The molecule has 0 unspecified atom stereocenters. The normalized spacial score (nSPS) is 10.6. The number of likely N-dealkylation sites (N-methyl/N-ethyl adjacent to an activating group) is 1. The van der Waals surface area contributed by atoms with Crippen molar-refractivity contribution in [2.24, 2.45) is 0 Å². The number of hydrogen-bond acceptors (Lipinski definition) is 4. The number of nitrogens with zero attached hydrogens (tertiary/aromatic N) is 2. The lowest BCUT2D eigenvalue weighted by molar-refractivity contribution is -0.114. The fourth-order valence-corrected chi connectivity index (χ4v) is 2.97. The average molecular weight is 315 g/mol. The highest BCUT2D eigenvalue weighted by Crippen LogP contribution is 2.27. The lowest BCUT2D eigenvalue weighted by Crippen LogP contribution is -2.29. The van der Waals surface area contributed by atoms with Crippen LogP contribution in [0.2, 0.25) is 0 Å². The van der Waals surface area contributed by atoms with Crippen LogP contribution in [0.1, 0.15) is 0 Å². The van der Waals surface area contributed by atoms with E-state index in [9.17, 15) is 9.18 Å². The van der Waals surface area contributed by atoms with Gasteiger partial charge in [-0.1, -0.05) is 23.5 Å². The van der Waals surface area contributed by atoms with Crippen LogP contribution in [0.5, 0.6) is 0 Å². The number of aromatic nitrogens is 1. The highest BCUT2D eigenvalue weighted by molar-refractivity contribution is 7.22. The topological polar surface area (TPSA) is 45.2 Å². The molecule has 2 aromatic carbocycles. The number of amides is 1. The lowest BCUT2D eigenvalue weighted by atomic mass is 10.3. The zero-order chi connectivity index (χ0) is 15.5. The van der Waals surface area contributed by atoms with Crippen LogP contribution in [0.15, 0.2) is 48.5 Å². The summed E-state index contributed by atoms with van der Waals surface area (Å²) in [6.45, 7) is 0.178. The largest absolute Gasteiger partial charge is 0.342 e. The summed E-state index contributed by atoms with van der Waals surface area (Å²) in [6.07, 6.45) is 0. The van der Waals surface area contributed by atoms with Crippen LogP contribution in [-0.2, 0) is 4.79 Å². The van der Waals surface area contributed by atoms with Gasteiger partial charge >= 0.3 is 0 Å². The van der Waals surface area contributed by atoms with E-state index in [-0.39, 0.29) is 18.3 Å². The minimum absolute atomic E-state index is 0.173. The summed E-state index contributed by atoms with van der Waals surface area (Å²) in [6, 6.07) is 13.5. The fourth-order valence-electron chi connectivity index (χ4n) is 2.04. The van der Waals surface area contributed by atoms with Crippen molar-refractivity contribution in [1.29, 1.82) is 0 Å². The smallest absolute Gasteiger partial charge is 0.243 e. The average Bonchev–Trinajstić information content (AvgIpc) is 2.93. The zero-order valence-corrected chi connectivity index (χ0v) is 12.7. The van der Waals surface area contributed by atoms with Gasteiger partial charge in [0.05, 0.1) is 16.8 Å². The van der Waals surface area contributed by atoms with Crippen molar-refractivity contribution in [3.8, 4) is 0 Å². The number of para-hydroxylation sites is 1. The Kier molecular flexibility index (Phi) is 4.02. The van der Waals surface area contributed by atoms with Gasteiger partial charge in [0, 0.05) is 12.7 Å². The predicted molar refractivity (Wildman–Crippen MR) is 87.9 cm³/mol. The Morgan fingerprint density at radius 2 is 1.95 bits per heavy atom. The Labute approximate surface area is 131 Å². The van der Waals surface area contributed by atoms with Crippen LogP contribution in [0.25, 0.3) is 10.2 Å². The number of fused-ring (bicyclic) bond motifs is 1. The first-order valence-corrected chi connectivity index (χ1v) is 7.55. The van der Waals surface area contributed by atoms with E-state index in [1.807, 2.05) is 31.3 Å². The molecule has 0 aliphatic carbocycles. The molecule has 3 rings (SSSR count). The fraction of sp³-hybridized carbons (Fsp3) is 0.125. The molecule has 1 heterocycles. The quantitative estimate of drug-likeness (QED) is 0.801. The van der Waals surface area contributed by atoms with E-state index < -0.39 is 0 Å². The molecule has 1 amide bonds. The van der Waals surface area contributed by atoms with Gasteiger partial charge in [-0.15, -0.1) is 0 Å². The molecule has 0 fully saturated rings. The number of rotatable bonds is 4. The summed E-state index contributed by atoms with van der Waals surface area (Å²) in [5, 5.41) is 3.52. The van der Waals surface area contributed by atoms with E-state index in [1.54, 1.807) is 16.2 Å². The SMILES string of the molecule is CN(CC(=O)Nc1ccc(F)cc1)c1nc2ccccc2s1. The van der Waals surface area contributed by atoms with E-state index in [0.717, 1.165) is 15.3 Å². The summed E-state index contributed by atoms with van der Waals surface area (Å²) in [7, 11) is 1.82. The molecule has 0 saturated heterocycles. The minimum Gasteiger partial charge on any atom is -0.342 e. The molecular formula is C16H14FN3OS. The molecule has 112 valence electrons. The molecule has 22 heavy (non-hydrogen) atoms. The van der Waals surface area contributed by atoms with Crippen molar-refractivity contribution in [3.05, 3.63) is 54.3 Å². The molecule has 0 radical (unpaired) electrons. The van der Waals surface area contributed by atoms with E-state index >= 15 is 0 Å². The van der Waals surface area contributed by atoms with Crippen molar-refractivity contribution in [1.82, 2.24) is 4.98 Å². The van der Waals surface area contributed by atoms with Gasteiger partial charge < -0.3 is 10.2 Å². The molecular weight excluding hydrogens is 301 g/mol. The summed E-state index contributed by atoms with van der Waals surface area (Å²) >= 11 is 1.54. The van der Waals surface area contributed by atoms with Gasteiger partial charge in [-0.05, 0) is 36.4 Å². The van der Waals surface area contributed by atoms with Crippen LogP contribution < -0.4 is 10.2 Å². The number of halogens is 1. The van der Waals surface area contributed by atoms with Gasteiger partial charge in [0.1, 0.15) is 5.82 Å².